The van der Waals surface area contributed by atoms with Gasteiger partial charge in [0.2, 0.25) is 0 Å². The SMILES string of the molecule is O=c1c2c(-c3ccc(Cl)cc3)n(Cc3cccnc3)c(=O)cc2[nH]n1-c1ccccc1Cl. The smallest absolute Gasteiger partial charge is 0.281 e. The Morgan fingerprint density at radius 1 is 0.938 bits per heavy atom. The maximum absolute atomic E-state index is 13.6. The molecular formula is C24H16Cl2N4O2. The van der Waals surface area contributed by atoms with Crippen LogP contribution in [0, 0.1) is 0 Å². The number of hydrogen-bond acceptors (Lipinski definition) is 3. The van der Waals surface area contributed by atoms with Gasteiger partial charge in [0.1, 0.15) is 0 Å². The van der Waals surface area contributed by atoms with Crippen LogP contribution in [0.2, 0.25) is 10.0 Å². The van der Waals surface area contributed by atoms with E-state index in [0.717, 1.165) is 5.56 Å². The number of H-pyrrole nitrogens is 1. The van der Waals surface area contributed by atoms with E-state index in [2.05, 4.69) is 10.1 Å². The van der Waals surface area contributed by atoms with E-state index in [0.29, 0.717) is 37.9 Å². The quantitative estimate of drug-likeness (QED) is 0.412. The Balaban J connectivity index is 1.85. The van der Waals surface area contributed by atoms with Gasteiger partial charge in [0.05, 0.1) is 33.9 Å². The van der Waals surface area contributed by atoms with Gasteiger partial charge in [0.15, 0.2) is 0 Å². The molecule has 0 aliphatic carbocycles. The fraction of sp³-hybridized carbons (Fsp3) is 0.0417. The lowest BCUT2D eigenvalue weighted by molar-refractivity contribution is 0.771. The molecule has 0 spiro atoms. The maximum atomic E-state index is 13.6. The van der Waals surface area contributed by atoms with E-state index >= 15 is 0 Å². The van der Waals surface area contributed by atoms with Crippen molar-refractivity contribution in [2.45, 2.75) is 6.54 Å². The fourth-order valence-corrected chi connectivity index (χ4v) is 4.12. The number of aromatic nitrogens is 4. The molecular weight excluding hydrogens is 447 g/mol. The highest BCUT2D eigenvalue weighted by molar-refractivity contribution is 6.32. The lowest BCUT2D eigenvalue weighted by Gasteiger charge is -2.14. The van der Waals surface area contributed by atoms with Gasteiger partial charge in [-0.25, -0.2) is 4.68 Å². The monoisotopic (exact) mass is 462 g/mol. The molecule has 0 aliphatic rings. The molecule has 1 N–H and O–H groups in total. The molecule has 0 aliphatic heterocycles. The number of fused-ring (bicyclic) bond motifs is 1. The summed E-state index contributed by atoms with van der Waals surface area (Å²) in [5, 5.41) is 4.40. The third-order valence-electron chi connectivity index (χ3n) is 5.23. The molecule has 6 nitrogen and oxygen atoms in total. The van der Waals surface area contributed by atoms with Crippen molar-refractivity contribution in [1.82, 2.24) is 19.3 Å². The van der Waals surface area contributed by atoms with Crippen molar-refractivity contribution >= 4 is 34.1 Å². The normalized spacial score (nSPS) is 11.2. The molecule has 0 radical (unpaired) electrons. The summed E-state index contributed by atoms with van der Waals surface area (Å²) >= 11 is 12.4. The molecule has 0 saturated heterocycles. The van der Waals surface area contributed by atoms with Gasteiger partial charge in [-0.2, -0.15) is 0 Å². The van der Waals surface area contributed by atoms with Crippen LogP contribution in [0.1, 0.15) is 5.56 Å². The minimum atomic E-state index is -0.307. The second kappa shape index (κ2) is 8.15. The van der Waals surface area contributed by atoms with Crippen LogP contribution in [0.25, 0.3) is 27.8 Å². The fourth-order valence-electron chi connectivity index (χ4n) is 3.78. The molecule has 158 valence electrons. The topological polar surface area (TPSA) is 72.7 Å². The summed E-state index contributed by atoms with van der Waals surface area (Å²) in [4.78, 5) is 30.9. The molecule has 32 heavy (non-hydrogen) atoms. The zero-order chi connectivity index (χ0) is 22.2. The van der Waals surface area contributed by atoms with Crippen molar-refractivity contribution in [1.29, 1.82) is 0 Å². The number of nitrogens with one attached hydrogen (secondary N) is 1. The second-order valence-corrected chi connectivity index (χ2v) is 8.12. The number of hydrogen-bond donors (Lipinski definition) is 1. The van der Waals surface area contributed by atoms with E-state index in [1.54, 1.807) is 65.5 Å². The van der Waals surface area contributed by atoms with Gasteiger partial charge in [0, 0.05) is 23.5 Å². The number of para-hydroxylation sites is 1. The summed E-state index contributed by atoms with van der Waals surface area (Å²) in [6.45, 7) is 0.261. The van der Waals surface area contributed by atoms with Gasteiger partial charge >= 0.3 is 0 Å². The number of rotatable bonds is 4. The van der Waals surface area contributed by atoms with Gasteiger partial charge < -0.3 is 4.57 Å². The first-order valence-corrected chi connectivity index (χ1v) is 10.6. The van der Waals surface area contributed by atoms with Crippen LogP contribution < -0.4 is 11.1 Å². The van der Waals surface area contributed by atoms with E-state index < -0.39 is 0 Å². The predicted octanol–water partition coefficient (Wildman–Crippen LogP) is 4.90. The van der Waals surface area contributed by atoms with Gasteiger partial charge in [-0.3, -0.25) is 19.7 Å². The first kappa shape index (κ1) is 20.3. The van der Waals surface area contributed by atoms with E-state index in [1.165, 1.54) is 10.7 Å². The summed E-state index contributed by atoms with van der Waals surface area (Å²) < 4.78 is 2.94. The maximum Gasteiger partial charge on any atom is 0.281 e. The van der Waals surface area contributed by atoms with Crippen molar-refractivity contribution in [3.63, 3.8) is 0 Å². The Morgan fingerprint density at radius 3 is 2.44 bits per heavy atom. The lowest BCUT2D eigenvalue weighted by atomic mass is 10.1. The van der Waals surface area contributed by atoms with Crippen LogP contribution in [0.4, 0.5) is 0 Å². The third-order valence-corrected chi connectivity index (χ3v) is 5.81. The highest BCUT2D eigenvalue weighted by Gasteiger charge is 2.20. The number of pyridine rings is 2. The van der Waals surface area contributed by atoms with Crippen LogP contribution in [0.5, 0.6) is 0 Å². The molecule has 0 unspecified atom stereocenters. The van der Waals surface area contributed by atoms with Gasteiger partial charge in [-0.05, 0) is 41.5 Å². The Kier molecular flexibility index (Phi) is 5.17. The van der Waals surface area contributed by atoms with Crippen LogP contribution in [0.15, 0.2) is 88.7 Å². The summed E-state index contributed by atoms with van der Waals surface area (Å²) in [6.07, 6.45) is 3.37. The van der Waals surface area contributed by atoms with Crippen LogP contribution in [-0.4, -0.2) is 19.3 Å². The number of halogens is 2. The number of nitrogens with zero attached hydrogens (tertiary/aromatic N) is 3. The minimum absolute atomic E-state index is 0.251. The zero-order valence-corrected chi connectivity index (χ0v) is 18.1. The van der Waals surface area contributed by atoms with Crippen LogP contribution >= 0.6 is 23.2 Å². The molecule has 2 aromatic carbocycles. The van der Waals surface area contributed by atoms with Gasteiger partial charge in [-0.1, -0.05) is 53.5 Å². The highest BCUT2D eigenvalue weighted by atomic mass is 35.5. The summed E-state index contributed by atoms with van der Waals surface area (Å²) in [5.41, 5.74) is 2.41. The third kappa shape index (κ3) is 3.53. The molecule has 5 aromatic rings. The summed E-state index contributed by atoms with van der Waals surface area (Å²) in [7, 11) is 0. The highest BCUT2D eigenvalue weighted by Crippen LogP contribution is 2.28. The Hall–Kier alpha value is -3.61. The summed E-state index contributed by atoms with van der Waals surface area (Å²) in [6, 6.07) is 19.2. The molecule has 3 heterocycles. The van der Waals surface area contributed by atoms with E-state index in [1.807, 2.05) is 12.1 Å². The van der Waals surface area contributed by atoms with Crippen molar-refractivity contribution < 1.29 is 0 Å². The average molecular weight is 463 g/mol. The zero-order valence-electron chi connectivity index (χ0n) is 16.6. The lowest BCUT2D eigenvalue weighted by Crippen LogP contribution is -2.23. The van der Waals surface area contributed by atoms with Crippen molar-refractivity contribution in [3.05, 3.63) is 115 Å². The molecule has 0 atom stereocenters. The molecule has 8 heteroatoms. The Bertz CT molecular complexity index is 1550. The number of aromatic amines is 1. The molecule has 0 bridgehead atoms. The summed E-state index contributed by atoms with van der Waals surface area (Å²) in [5.74, 6) is 0. The molecule has 0 amide bonds. The van der Waals surface area contributed by atoms with E-state index in [4.69, 9.17) is 23.2 Å². The first-order chi connectivity index (χ1) is 15.5. The Labute approximate surface area is 192 Å². The molecule has 0 saturated carbocycles. The standard InChI is InChI=1S/C24H16Cl2N4O2/c25-17-9-7-16(8-10-17)23-22-19(12-21(31)29(23)14-15-4-3-11-27-13-15)28-30(24(22)32)20-6-2-1-5-18(20)26/h1-13,28H,14H2. The average Bonchev–Trinajstić information content (AvgIpc) is 3.11. The van der Waals surface area contributed by atoms with Crippen LogP contribution in [0.3, 0.4) is 0 Å². The first-order valence-electron chi connectivity index (χ1n) is 9.81. The van der Waals surface area contributed by atoms with Crippen molar-refractivity contribution in [2.24, 2.45) is 0 Å². The molecule has 5 rings (SSSR count). The molecule has 3 aromatic heterocycles. The van der Waals surface area contributed by atoms with E-state index in [-0.39, 0.29) is 17.7 Å². The number of benzene rings is 2. The second-order valence-electron chi connectivity index (χ2n) is 7.28. The van der Waals surface area contributed by atoms with Gasteiger partial charge in [0.25, 0.3) is 11.1 Å². The van der Waals surface area contributed by atoms with E-state index in [9.17, 15) is 9.59 Å². The molecule has 0 fully saturated rings. The van der Waals surface area contributed by atoms with Crippen molar-refractivity contribution in [2.75, 3.05) is 0 Å². The van der Waals surface area contributed by atoms with Gasteiger partial charge in [-0.15, -0.1) is 0 Å². The Morgan fingerprint density at radius 2 is 1.72 bits per heavy atom. The minimum Gasteiger partial charge on any atom is -0.303 e. The van der Waals surface area contributed by atoms with Crippen LogP contribution in [-0.2, 0) is 6.54 Å². The largest absolute Gasteiger partial charge is 0.303 e. The van der Waals surface area contributed by atoms with Crippen molar-refractivity contribution in [3.8, 4) is 16.9 Å². The predicted molar refractivity (Wildman–Crippen MR) is 127 cm³/mol.